The predicted molar refractivity (Wildman–Crippen MR) is 90.4 cm³/mol. The van der Waals surface area contributed by atoms with Crippen LogP contribution < -0.4 is 5.32 Å². The van der Waals surface area contributed by atoms with E-state index in [2.05, 4.69) is 15.3 Å². The second-order valence-corrected chi connectivity index (χ2v) is 6.88. The number of aromatic carboxylic acids is 1. The number of amides is 1. The minimum absolute atomic E-state index is 0.0107. The minimum atomic E-state index is -1.11. The molecule has 0 aromatic carbocycles. The number of carboxylic acid groups (broad SMARTS) is 1. The first-order valence-corrected chi connectivity index (χ1v) is 9.00. The van der Waals surface area contributed by atoms with Crippen LogP contribution in [0.1, 0.15) is 60.6 Å². The summed E-state index contributed by atoms with van der Waals surface area (Å²) in [4.78, 5) is 31.4. The molecule has 1 saturated carbocycles. The number of rotatable bonds is 5. The van der Waals surface area contributed by atoms with E-state index in [1.165, 1.54) is 54.1 Å². The average Bonchev–Trinajstić information content (AvgIpc) is 3.10. The van der Waals surface area contributed by atoms with E-state index in [9.17, 15) is 9.59 Å². The van der Waals surface area contributed by atoms with Crippen molar-refractivity contribution in [2.75, 3.05) is 5.32 Å². The molecule has 0 unspecified atom stereocenters. The minimum Gasteiger partial charge on any atom is -0.477 e. The molecule has 8 heteroatoms. The Kier molecular flexibility index (Phi) is 5.24. The zero-order valence-corrected chi connectivity index (χ0v) is 14.1. The van der Waals surface area contributed by atoms with Crippen LogP contribution in [0.15, 0.2) is 17.9 Å². The SMILES string of the molecule is O=C(Cn1cncc1C(=O)O)Nc1nc(C2CCCCCC2)cs1. The highest BCUT2D eigenvalue weighted by atomic mass is 32.1. The van der Waals surface area contributed by atoms with Crippen LogP contribution in [0.2, 0.25) is 0 Å². The predicted octanol–water partition coefficient (Wildman–Crippen LogP) is 3.11. The fourth-order valence-corrected chi connectivity index (χ4v) is 3.85. The Hall–Kier alpha value is -2.22. The monoisotopic (exact) mass is 348 g/mol. The fraction of sp³-hybridized carbons (Fsp3) is 0.500. The van der Waals surface area contributed by atoms with E-state index in [1.54, 1.807) is 0 Å². The van der Waals surface area contributed by atoms with Crippen molar-refractivity contribution in [3.8, 4) is 0 Å². The lowest BCUT2D eigenvalue weighted by atomic mass is 9.98. The van der Waals surface area contributed by atoms with Crippen LogP contribution in [0.4, 0.5) is 5.13 Å². The van der Waals surface area contributed by atoms with Crippen molar-refractivity contribution in [3.63, 3.8) is 0 Å². The van der Waals surface area contributed by atoms with Crippen LogP contribution in [0, 0.1) is 0 Å². The summed E-state index contributed by atoms with van der Waals surface area (Å²) in [6, 6.07) is 0. The molecule has 2 aromatic rings. The molecule has 0 bridgehead atoms. The molecular weight excluding hydrogens is 328 g/mol. The molecule has 24 heavy (non-hydrogen) atoms. The van der Waals surface area contributed by atoms with E-state index in [0.717, 1.165) is 18.5 Å². The molecule has 7 nitrogen and oxygen atoms in total. The van der Waals surface area contributed by atoms with Crippen LogP contribution in [0.25, 0.3) is 0 Å². The van der Waals surface area contributed by atoms with Gasteiger partial charge in [0.2, 0.25) is 5.91 Å². The van der Waals surface area contributed by atoms with Gasteiger partial charge in [-0.3, -0.25) is 4.79 Å². The zero-order valence-electron chi connectivity index (χ0n) is 13.3. The van der Waals surface area contributed by atoms with Crippen molar-refractivity contribution in [1.82, 2.24) is 14.5 Å². The Morgan fingerprint density at radius 3 is 2.75 bits per heavy atom. The quantitative estimate of drug-likeness (QED) is 0.809. The van der Waals surface area contributed by atoms with Crippen molar-refractivity contribution >= 4 is 28.3 Å². The molecular formula is C16H20N4O3S. The summed E-state index contributed by atoms with van der Waals surface area (Å²) in [5.41, 5.74) is 1.05. The molecule has 0 radical (unpaired) electrons. The first-order valence-electron chi connectivity index (χ1n) is 8.12. The molecule has 0 saturated heterocycles. The van der Waals surface area contributed by atoms with Crippen molar-refractivity contribution in [3.05, 3.63) is 29.3 Å². The van der Waals surface area contributed by atoms with Gasteiger partial charge >= 0.3 is 5.97 Å². The number of hydrogen-bond acceptors (Lipinski definition) is 5. The highest BCUT2D eigenvalue weighted by Gasteiger charge is 2.18. The van der Waals surface area contributed by atoms with Crippen LogP contribution >= 0.6 is 11.3 Å². The van der Waals surface area contributed by atoms with Crippen molar-refractivity contribution in [1.29, 1.82) is 0 Å². The van der Waals surface area contributed by atoms with Crippen LogP contribution in [-0.2, 0) is 11.3 Å². The second kappa shape index (κ2) is 7.57. The number of nitrogens with one attached hydrogen (secondary N) is 1. The standard InChI is InChI=1S/C16H20N4O3S/c21-14(8-20-10-17-7-13(20)15(22)23)19-16-18-12(9-24-16)11-5-3-1-2-4-6-11/h7,9-11H,1-6,8H2,(H,22,23)(H,18,19,21). The van der Waals surface area contributed by atoms with Crippen LogP contribution in [0.3, 0.4) is 0 Å². The maximum absolute atomic E-state index is 12.1. The van der Waals surface area contributed by atoms with Gasteiger partial charge in [0.1, 0.15) is 12.2 Å². The number of imidazole rings is 1. The van der Waals surface area contributed by atoms with E-state index in [0.29, 0.717) is 11.0 Å². The number of nitrogens with zero attached hydrogens (tertiary/aromatic N) is 3. The van der Waals surface area contributed by atoms with Gasteiger partial charge < -0.3 is 15.0 Å². The lowest BCUT2D eigenvalue weighted by Gasteiger charge is -2.10. The molecule has 3 rings (SSSR count). The van der Waals surface area contributed by atoms with Crippen molar-refractivity contribution in [2.24, 2.45) is 0 Å². The van der Waals surface area contributed by atoms with Crippen LogP contribution in [-0.4, -0.2) is 31.5 Å². The number of aromatic nitrogens is 3. The normalized spacial score (nSPS) is 15.8. The van der Waals surface area contributed by atoms with E-state index in [-0.39, 0.29) is 18.1 Å². The summed E-state index contributed by atoms with van der Waals surface area (Å²) in [7, 11) is 0. The molecule has 0 aliphatic heterocycles. The summed E-state index contributed by atoms with van der Waals surface area (Å²) in [5, 5.41) is 14.4. The maximum Gasteiger partial charge on any atom is 0.354 e. The van der Waals surface area contributed by atoms with Gasteiger partial charge in [-0.2, -0.15) is 0 Å². The van der Waals surface area contributed by atoms with E-state index in [1.807, 2.05) is 5.38 Å². The first kappa shape index (κ1) is 16.6. The summed E-state index contributed by atoms with van der Waals surface area (Å²) in [5.74, 6) is -0.927. The van der Waals surface area contributed by atoms with Gasteiger partial charge in [0.05, 0.1) is 18.2 Å². The Bertz CT molecular complexity index is 716. The smallest absolute Gasteiger partial charge is 0.354 e. The first-order chi connectivity index (χ1) is 11.6. The highest BCUT2D eigenvalue weighted by molar-refractivity contribution is 7.13. The number of carbonyl (C=O) groups excluding carboxylic acids is 1. The average molecular weight is 348 g/mol. The number of carbonyl (C=O) groups is 2. The highest BCUT2D eigenvalue weighted by Crippen LogP contribution is 2.33. The lowest BCUT2D eigenvalue weighted by Crippen LogP contribution is -2.20. The molecule has 128 valence electrons. The van der Waals surface area contributed by atoms with Gasteiger partial charge in [-0.1, -0.05) is 25.7 Å². The summed E-state index contributed by atoms with van der Waals surface area (Å²) in [6.45, 7) is -0.0972. The van der Waals surface area contributed by atoms with E-state index >= 15 is 0 Å². The van der Waals surface area contributed by atoms with Gasteiger partial charge in [0, 0.05) is 11.3 Å². The Morgan fingerprint density at radius 2 is 2.04 bits per heavy atom. The van der Waals surface area contributed by atoms with Gasteiger partial charge in [-0.25, -0.2) is 14.8 Å². The topological polar surface area (TPSA) is 97.1 Å². The molecule has 2 heterocycles. The molecule has 1 aliphatic carbocycles. The van der Waals surface area contributed by atoms with Gasteiger partial charge in [-0.05, 0) is 12.8 Å². The number of carboxylic acids is 1. The largest absolute Gasteiger partial charge is 0.477 e. The third-order valence-corrected chi connectivity index (χ3v) is 5.06. The number of thiazole rings is 1. The number of anilines is 1. The third-order valence-electron chi connectivity index (χ3n) is 4.29. The Morgan fingerprint density at radius 1 is 1.29 bits per heavy atom. The zero-order chi connectivity index (χ0) is 16.9. The van der Waals surface area contributed by atoms with Gasteiger partial charge in [-0.15, -0.1) is 11.3 Å². The Balaban J connectivity index is 1.60. The van der Waals surface area contributed by atoms with Crippen LogP contribution in [0.5, 0.6) is 0 Å². The molecule has 2 aromatic heterocycles. The summed E-state index contributed by atoms with van der Waals surface area (Å²) in [6.07, 6.45) is 9.94. The second-order valence-electron chi connectivity index (χ2n) is 6.03. The molecule has 1 amide bonds. The molecule has 0 atom stereocenters. The van der Waals surface area contributed by atoms with Crippen molar-refractivity contribution in [2.45, 2.75) is 51.0 Å². The third kappa shape index (κ3) is 4.00. The Labute approximate surface area is 143 Å². The lowest BCUT2D eigenvalue weighted by molar-refractivity contribution is -0.116. The fourth-order valence-electron chi connectivity index (χ4n) is 3.04. The molecule has 1 fully saturated rings. The van der Waals surface area contributed by atoms with E-state index in [4.69, 9.17) is 5.11 Å². The maximum atomic E-state index is 12.1. The molecule has 2 N–H and O–H groups in total. The van der Waals surface area contributed by atoms with Crippen molar-refractivity contribution < 1.29 is 14.7 Å². The molecule has 1 aliphatic rings. The van der Waals surface area contributed by atoms with Gasteiger partial charge in [0.15, 0.2) is 5.13 Å². The molecule has 0 spiro atoms. The van der Waals surface area contributed by atoms with E-state index < -0.39 is 5.97 Å². The number of hydrogen-bond donors (Lipinski definition) is 2. The summed E-state index contributed by atoms with van der Waals surface area (Å²) < 4.78 is 1.30. The summed E-state index contributed by atoms with van der Waals surface area (Å²) >= 11 is 1.42. The van der Waals surface area contributed by atoms with Gasteiger partial charge in [0.25, 0.3) is 0 Å².